The van der Waals surface area contributed by atoms with Gasteiger partial charge in [-0.1, -0.05) is 20.8 Å². The van der Waals surface area contributed by atoms with Gasteiger partial charge in [-0.3, -0.25) is 9.89 Å². The largest absolute Gasteiger partial charge is 0.369 e. The van der Waals surface area contributed by atoms with E-state index in [2.05, 4.69) is 10.2 Å². The SMILES string of the molecule is CC(C(N)=O)C(C)(C)c1n[nH]cc1F. The van der Waals surface area contributed by atoms with Crippen LogP contribution >= 0.6 is 0 Å². The number of carbonyl (C=O) groups is 1. The van der Waals surface area contributed by atoms with Crippen LogP contribution in [0.4, 0.5) is 4.39 Å². The minimum atomic E-state index is -0.698. The van der Waals surface area contributed by atoms with E-state index in [0.29, 0.717) is 0 Å². The fraction of sp³-hybridized carbons (Fsp3) is 0.556. The summed E-state index contributed by atoms with van der Waals surface area (Å²) < 4.78 is 13.2. The van der Waals surface area contributed by atoms with Crippen molar-refractivity contribution in [1.29, 1.82) is 0 Å². The highest BCUT2D eigenvalue weighted by molar-refractivity contribution is 5.78. The van der Waals surface area contributed by atoms with Crippen LogP contribution in [-0.2, 0) is 10.2 Å². The van der Waals surface area contributed by atoms with E-state index in [1.54, 1.807) is 20.8 Å². The Kier molecular flexibility index (Phi) is 2.59. The molecule has 0 aromatic carbocycles. The van der Waals surface area contributed by atoms with Crippen molar-refractivity contribution < 1.29 is 9.18 Å². The molecule has 1 atom stereocenters. The van der Waals surface area contributed by atoms with Crippen LogP contribution in [0.3, 0.4) is 0 Å². The summed E-state index contributed by atoms with van der Waals surface area (Å²) in [5, 5.41) is 6.20. The molecule has 5 heteroatoms. The Hall–Kier alpha value is -1.39. The van der Waals surface area contributed by atoms with E-state index in [1.165, 1.54) is 0 Å². The van der Waals surface area contributed by atoms with Gasteiger partial charge in [0.1, 0.15) is 5.69 Å². The smallest absolute Gasteiger partial charge is 0.221 e. The standard InChI is InChI=1S/C9H14FN3O/c1-5(8(11)14)9(2,3)7-6(10)4-12-13-7/h4-5H,1-3H3,(H2,11,14)(H,12,13). The monoisotopic (exact) mass is 199 g/mol. The predicted octanol–water partition coefficient (Wildman–Crippen LogP) is 0.948. The van der Waals surface area contributed by atoms with E-state index < -0.39 is 23.1 Å². The van der Waals surface area contributed by atoms with E-state index in [-0.39, 0.29) is 5.69 Å². The van der Waals surface area contributed by atoms with Crippen molar-refractivity contribution in [3.8, 4) is 0 Å². The maximum atomic E-state index is 13.2. The first-order valence-electron chi connectivity index (χ1n) is 4.36. The number of aromatic nitrogens is 2. The number of amides is 1. The fourth-order valence-corrected chi connectivity index (χ4v) is 1.29. The molecule has 0 aliphatic heterocycles. The maximum Gasteiger partial charge on any atom is 0.221 e. The number of nitrogens with two attached hydrogens (primary N) is 1. The van der Waals surface area contributed by atoms with E-state index in [4.69, 9.17) is 5.73 Å². The molecular weight excluding hydrogens is 185 g/mol. The molecule has 1 amide bonds. The van der Waals surface area contributed by atoms with Gasteiger partial charge in [0.25, 0.3) is 0 Å². The second-order valence-electron chi connectivity index (χ2n) is 3.93. The van der Waals surface area contributed by atoms with Gasteiger partial charge in [-0.15, -0.1) is 0 Å². The third kappa shape index (κ3) is 1.62. The maximum absolute atomic E-state index is 13.2. The van der Waals surface area contributed by atoms with E-state index in [9.17, 15) is 9.18 Å². The normalized spacial score (nSPS) is 14.0. The molecule has 1 unspecified atom stereocenters. The predicted molar refractivity (Wildman–Crippen MR) is 49.9 cm³/mol. The number of hydrogen-bond acceptors (Lipinski definition) is 2. The third-order valence-electron chi connectivity index (χ3n) is 2.71. The minimum Gasteiger partial charge on any atom is -0.369 e. The first-order valence-corrected chi connectivity index (χ1v) is 4.36. The van der Waals surface area contributed by atoms with Crippen molar-refractivity contribution in [1.82, 2.24) is 10.2 Å². The van der Waals surface area contributed by atoms with Crippen molar-refractivity contribution in [2.75, 3.05) is 0 Å². The molecular formula is C9H14FN3O. The molecule has 0 saturated heterocycles. The molecule has 0 radical (unpaired) electrons. The van der Waals surface area contributed by atoms with Crippen molar-refractivity contribution in [2.24, 2.45) is 11.7 Å². The quantitative estimate of drug-likeness (QED) is 0.760. The van der Waals surface area contributed by atoms with Gasteiger partial charge in [-0.25, -0.2) is 4.39 Å². The van der Waals surface area contributed by atoms with E-state index in [0.717, 1.165) is 6.20 Å². The van der Waals surface area contributed by atoms with Crippen molar-refractivity contribution in [2.45, 2.75) is 26.2 Å². The number of nitrogens with zero attached hydrogens (tertiary/aromatic N) is 1. The molecule has 78 valence electrons. The van der Waals surface area contributed by atoms with Crippen LogP contribution in [0.5, 0.6) is 0 Å². The van der Waals surface area contributed by atoms with Gasteiger partial charge in [0.05, 0.1) is 6.20 Å². The Morgan fingerprint density at radius 1 is 1.71 bits per heavy atom. The zero-order valence-electron chi connectivity index (χ0n) is 8.47. The third-order valence-corrected chi connectivity index (χ3v) is 2.71. The molecule has 0 spiro atoms. The molecule has 0 bridgehead atoms. The molecule has 0 aliphatic carbocycles. The molecule has 0 aliphatic rings. The number of carbonyl (C=O) groups excluding carboxylic acids is 1. The van der Waals surface area contributed by atoms with Crippen molar-refractivity contribution in [3.63, 3.8) is 0 Å². The Labute approximate surface area is 81.7 Å². The lowest BCUT2D eigenvalue weighted by atomic mass is 9.77. The molecule has 1 aromatic heterocycles. The molecule has 0 saturated carbocycles. The number of rotatable bonds is 3. The summed E-state index contributed by atoms with van der Waals surface area (Å²) >= 11 is 0. The topological polar surface area (TPSA) is 71.8 Å². The molecule has 14 heavy (non-hydrogen) atoms. The summed E-state index contributed by atoms with van der Waals surface area (Å²) in [6.45, 7) is 5.14. The zero-order valence-corrected chi connectivity index (χ0v) is 8.47. The lowest BCUT2D eigenvalue weighted by Gasteiger charge is -2.27. The summed E-state index contributed by atoms with van der Waals surface area (Å²) in [6.07, 6.45) is 1.16. The Bertz CT molecular complexity index is 346. The number of nitrogens with one attached hydrogen (secondary N) is 1. The summed E-state index contributed by atoms with van der Waals surface area (Å²) in [4.78, 5) is 11.0. The van der Waals surface area contributed by atoms with Crippen LogP contribution in [0.2, 0.25) is 0 Å². The summed E-state index contributed by atoms with van der Waals surface area (Å²) in [7, 11) is 0. The molecule has 3 N–H and O–H groups in total. The Morgan fingerprint density at radius 2 is 2.29 bits per heavy atom. The zero-order chi connectivity index (χ0) is 10.9. The highest BCUT2D eigenvalue weighted by Crippen LogP contribution is 2.31. The molecule has 1 heterocycles. The lowest BCUT2D eigenvalue weighted by molar-refractivity contribution is -0.123. The van der Waals surface area contributed by atoms with Crippen LogP contribution in [0.1, 0.15) is 26.5 Å². The number of halogens is 1. The highest BCUT2D eigenvalue weighted by Gasteiger charge is 2.35. The minimum absolute atomic E-state index is 0.240. The van der Waals surface area contributed by atoms with Gasteiger partial charge in [-0.05, 0) is 0 Å². The van der Waals surface area contributed by atoms with Gasteiger partial charge in [0.2, 0.25) is 5.91 Å². The fourth-order valence-electron chi connectivity index (χ4n) is 1.29. The molecule has 1 rings (SSSR count). The van der Waals surface area contributed by atoms with Gasteiger partial charge < -0.3 is 5.73 Å². The Morgan fingerprint density at radius 3 is 2.64 bits per heavy atom. The highest BCUT2D eigenvalue weighted by atomic mass is 19.1. The molecule has 1 aromatic rings. The second-order valence-corrected chi connectivity index (χ2v) is 3.93. The van der Waals surface area contributed by atoms with Crippen LogP contribution in [-0.4, -0.2) is 16.1 Å². The van der Waals surface area contributed by atoms with Crippen LogP contribution in [0, 0.1) is 11.7 Å². The number of aromatic amines is 1. The number of hydrogen-bond donors (Lipinski definition) is 2. The average molecular weight is 199 g/mol. The van der Waals surface area contributed by atoms with Gasteiger partial charge in [-0.2, -0.15) is 5.10 Å². The average Bonchev–Trinajstić information content (AvgIpc) is 2.50. The lowest BCUT2D eigenvalue weighted by Crippen LogP contribution is -2.37. The molecule has 0 fully saturated rings. The van der Waals surface area contributed by atoms with Crippen LogP contribution in [0.15, 0.2) is 6.20 Å². The second kappa shape index (κ2) is 3.40. The van der Waals surface area contributed by atoms with Crippen molar-refractivity contribution >= 4 is 5.91 Å². The number of primary amides is 1. The Balaban J connectivity index is 3.07. The van der Waals surface area contributed by atoms with Crippen LogP contribution < -0.4 is 5.73 Å². The summed E-state index contributed by atoms with van der Waals surface area (Å²) in [5.74, 6) is -1.37. The van der Waals surface area contributed by atoms with Crippen LogP contribution in [0.25, 0.3) is 0 Å². The van der Waals surface area contributed by atoms with E-state index in [1.807, 2.05) is 0 Å². The molecule has 4 nitrogen and oxygen atoms in total. The van der Waals surface area contributed by atoms with Gasteiger partial charge in [0, 0.05) is 11.3 Å². The summed E-state index contributed by atoms with van der Waals surface area (Å²) in [6, 6.07) is 0. The number of H-pyrrole nitrogens is 1. The van der Waals surface area contributed by atoms with Gasteiger partial charge in [0.15, 0.2) is 5.82 Å². The van der Waals surface area contributed by atoms with E-state index >= 15 is 0 Å². The first kappa shape index (κ1) is 10.7. The summed E-state index contributed by atoms with van der Waals surface area (Å²) in [5.41, 5.74) is 4.72. The first-order chi connectivity index (χ1) is 6.37. The van der Waals surface area contributed by atoms with Crippen molar-refractivity contribution in [3.05, 3.63) is 17.7 Å². The van der Waals surface area contributed by atoms with Gasteiger partial charge >= 0.3 is 0 Å².